The molecule has 1 atom stereocenters. The molecule has 2 N–H and O–H groups in total. The van der Waals surface area contributed by atoms with Crippen LogP contribution in [0, 0.1) is 6.92 Å². The Kier molecular flexibility index (Phi) is 6.91. The third-order valence-electron chi connectivity index (χ3n) is 4.56. The maximum Gasteiger partial charge on any atom is 0.253 e. The van der Waals surface area contributed by atoms with Crippen molar-refractivity contribution in [3.8, 4) is 0 Å². The van der Waals surface area contributed by atoms with Gasteiger partial charge < -0.3 is 10.6 Å². The summed E-state index contributed by atoms with van der Waals surface area (Å²) in [6.07, 6.45) is 0.0617. The standard InChI is InChI=1S/C23H20Cl2N2O2/c1-15-18(24)12-7-13-20(15)26-22(28)14-21(16-8-3-2-4-9-16)27-23(29)17-10-5-6-11-19(17)25/h2-13,21H,14H2,1H3,(H,26,28)(H,27,29). The first-order valence-corrected chi connectivity index (χ1v) is 9.86. The van der Waals surface area contributed by atoms with Gasteiger partial charge in [0.25, 0.3) is 5.91 Å². The lowest BCUT2D eigenvalue weighted by molar-refractivity contribution is -0.116. The lowest BCUT2D eigenvalue weighted by Gasteiger charge is -2.20. The number of carbonyl (C=O) groups excluding carboxylic acids is 2. The van der Waals surface area contributed by atoms with Crippen LogP contribution in [0.3, 0.4) is 0 Å². The molecule has 3 aromatic rings. The molecule has 6 heteroatoms. The molecule has 0 saturated carbocycles. The van der Waals surface area contributed by atoms with E-state index in [1.807, 2.05) is 37.3 Å². The molecule has 0 radical (unpaired) electrons. The highest BCUT2D eigenvalue weighted by molar-refractivity contribution is 6.33. The molecule has 0 aromatic heterocycles. The average molecular weight is 427 g/mol. The number of anilines is 1. The Balaban J connectivity index is 1.79. The predicted molar refractivity (Wildman–Crippen MR) is 118 cm³/mol. The quantitative estimate of drug-likeness (QED) is 0.522. The summed E-state index contributed by atoms with van der Waals surface area (Å²) in [6, 6.07) is 21.0. The number of carbonyl (C=O) groups is 2. The Morgan fingerprint density at radius 3 is 2.24 bits per heavy atom. The molecular formula is C23H20Cl2N2O2. The third-order valence-corrected chi connectivity index (χ3v) is 5.30. The molecule has 3 rings (SSSR count). The molecule has 0 fully saturated rings. The summed E-state index contributed by atoms with van der Waals surface area (Å²) >= 11 is 12.3. The average Bonchev–Trinajstić information content (AvgIpc) is 2.72. The van der Waals surface area contributed by atoms with Gasteiger partial charge in [-0.3, -0.25) is 9.59 Å². The van der Waals surface area contributed by atoms with E-state index < -0.39 is 6.04 Å². The first-order valence-electron chi connectivity index (χ1n) is 9.11. The fourth-order valence-corrected chi connectivity index (χ4v) is 3.34. The van der Waals surface area contributed by atoms with Gasteiger partial charge in [0.05, 0.1) is 23.0 Å². The van der Waals surface area contributed by atoms with Crippen LogP contribution in [0.4, 0.5) is 5.69 Å². The summed E-state index contributed by atoms with van der Waals surface area (Å²) in [5, 5.41) is 6.73. The lowest BCUT2D eigenvalue weighted by Crippen LogP contribution is -2.31. The number of rotatable bonds is 6. The molecule has 0 saturated heterocycles. The van der Waals surface area contributed by atoms with Gasteiger partial charge in [-0.05, 0) is 42.3 Å². The predicted octanol–water partition coefficient (Wildman–Crippen LogP) is 5.80. The van der Waals surface area contributed by atoms with Crippen molar-refractivity contribution >= 4 is 40.7 Å². The summed E-state index contributed by atoms with van der Waals surface area (Å²) < 4.78 is 0. The molecule has 0 aliphatic heterocycles. The molecule has 0 aliphatic carbocycles. The highest BCUT2D eigenvalue weighted by atomic mass is 35.5. The molecule has 0 spiro atoms. The van der Waals surface area contributed by atoms with Crippen LogP contribution in [0.1, 0.15) is 33.9 Å². The van der Waals surface area contributed by atoms with Gasteiger partial charge in [0.1, 0.15) is 0 Å². The van der Waals surface area contributed by atoms with E-state index in [1.165, 1.54) is 0 Å². The van der Waals surface area contributed by atoms with Crippen LogP contribution in [0.25, 0.3) is 0 Å². The summed E-state index contributed by atoms with van der Waals surface area (Å²) in [4.78, 5) is 25.5. The van der Waals surface area contributed by atoms with Crippen molar-refractivity contribution in [1.82, 2.24) is 5.32 Å². The van der Waals surface area contributed by atoms with Crippen LogP contribution in [0.15, 0.2) is 72.8 Å². The second kappa shape index (κ2) is 9.59. The Morgan fingerprint density at radius 1 is 0.862 bits per heavy atom. The van der Waals surface area contributed by atoms with Gasteiger partial charge in [0.15, 0.2) is 0 Å². The molecule has 0 aliphatic rings. The molecule has 2 amide bonds. The first kappa shape index (κ1) is 20.9. The zero-order valence-corrected chi connectivity index (χ0v) is 17.3. The van der Waals surface area contributed by atoms with Crippen LogP contribution in [-0.4, -0.2) is 11.8 Å². The van der Waals surface area contributed by atoms with E-state index in [-0.39, 0.29) is 18.2 Å². The Hall–Kier alpha value is -2.82. The minimum absolute atomic E-state index is 0.0617. The zero-order valence-electron chi connectivity index (χ0n) is 15.8. The van der Waals surface area contributed by atoms with Crippen molar-refractivity contribution in [1.29, 1.82) is 0 Å². The zero-order chi connectivity index (χ0) is 20.8. The number of hydrogen-bond acceptors (Lipinski definition) is 2. The molecule has 29 heavy (non-hydrogen) atoms. The fourth-order valence-electron chi connectivity index (χ4n) is 2.95. The van der Waals surface area contributed by atoms with Crippen LogP contribution in [-0.2, 0) is 4.79 Å². The first-order chi connectivity index (χ1) is 14.0. The smallest absolute Gasteiger partial charge is 0.253 e. The van der Waals surface area contributed by atoms with Gasteiger partial charge in [-0.2, -0.15) is 0 Å². The Morgan fingerprint density at radius 2 is 1.52 bits per heavy atom. The molecular weight excluding hydrogens is 407 g/mol. The highest BCUT2D eigenvalue weighted by Gasteiger charge is 2.21. The summed E-state index contributed by atoms with van der Waals surface area (Å²) in [5.74, 6) is -0.570. The normalized spacial score (nSPS) is 11.6. The van der Waals surface area contributed by atoms with E-state index >= 15 is 0 Å². The van der Waals surface area contributed by atoms with Gasteiger partial charge in [0, 0.05) is 10.7 Å². The van der Waals surface area contributed by atoms with Gasteiger partial charge in [0.2, 0.25) is 5.91 Å². The molecule has 1 unspecified atom stereocenters. The van der Waals surface area contributed by atoms with Crippen LogP contribution < -0.4 is 10.6 Å². The molecule has 148 valence electrons. The van der Waals surface area contributed by atoms with Crippen molar-refractivity contribution in [2.75, 3.05) is 5.32 Å². The topological polar surface area (TPSA) is 58.2 Å². The number of amides is 2. The summed E-state index contributed by atoms with van der Waals surface area (Å²) in [6.45, 7) is 1.84. The molecule has 4 nitrogen and oxygen atoms in total. The van der Waals surface area contributed by atoms with Crippen LogP contribution >= 0.6 is 23.2 Å². The highest BCUT2D eigenvalue weighted by Crippen LogP contribution is 2.25. The summed E-state index contributed by atoms with van der Waals surface area (Å²) in [5.41, 5.74) is 2.62. The molecule has 0 heterocycles. The van der Waals surface area contributed by atoms with Crippen LogP contribution in [0.2, 0.25) is 10.0 Å². The van der Waals surface area contributed by atoms with E-state index in [1.54, 1.807) is 42.5 Å². The summed E-state index contributed by atoms with van der Waals surface area (Å²) in [7, 11) is 0. The van der Waals surface area contributed by atoms with E-state index in [2.05, 4.69) is 10.6 Å². The SMILES string of the molecule is Cc1c(Cl)cccc1NC(=O)CC(NC(=O)c1ccccc1Cl)c1ccccc1. The van der Waals surface area contributed by atoms with Crippen molar-refractivity contribution in [2.24, 2.45) is 0 Å². The van der Waals surface area contributed by atoms with E-state index in [4.69, 9.17) is 23.2 Å². The number of benzene rings is 3. The van der Waals surface area contributed by atoms with Crippen LogP contribution in [0.5, 0.6) is 0 Å². The van der Waals surface area contributed by atoms with Gasteiger partial charge in [-0.1, -0.05) is 71.7 Å². The van der Waals surface area contributed by atoms with Gasteiger partial charge in [-0.15, -0.1) is 0 Å². The third kappa shape index (κ3) is 5.37. The maximum absolute atomic E-state index is 12.7. The number of nitrogens with one attached hydrogen (secondary N) is 2. The Bertz CT molecular complexity index is 1020. The Labute approximate surface area is 179 Å². The minimum atomic E-state index is -0.514. The number of halogens is 2. The van der Waals surface area contributed by atoms with E-state index in [0.717, 1.165) is 11.1 Å². The maximum atomic E-state index is 12.7. The van der Waals surface area contributed by atoms with Crippen molar-refractivity contribution in [3.05, 3.63) is 99.5 Å². The second-order valence-electron chi connectivity index (χ2n) is 6.58. The van der Waals surface area contributed by atoms with E-state index in [9.17, 15) is 9.59 Å². The lowest BCUT2D eigenvalue weighted by atomic mass is 10.0. The van der Waals surface area contributed by atoms with Crippen molar-refractivity contribution in [2.45, 2.75) is 19.4 Å². The van der Waals surface area contributed by atoms with Gasteiger partial charge >= 0.3 is 0 Å². The van der Waals surface area contributed by atoms with Crippen molar-refractivity contribution in [3.63, 3.8) is 0 Å². The van der Waals surface area contributed by atoms with Crippen molar-refractivity contribution < 1.29 is 9.59 Å². The monoisotopic (exact) mass is 426 g/mol. The largest absolute Gasteiger partial charge is 0.345 e. The molecule has 3 aromatic carbocycles. The van der Waals surface area contributed by atoms with Gasteiger partial charge in [-0.25, -0.2) is 0 Å². The van der Waals surface area contributed by atoms with E-state index in [0.29, 0.717) is 21.3 Å². The molecule has 0 bridgehead atoms. The minimum Gasteiger partial charge on any atom is -0.345 e. The second-order valence-corrected chi connectivity index (χ2v) is 7.40. The number of hydrogen-bond donors (Lipinski definition) is 2. The fraction of sp³-hybridized carbons (Fsp3) is 0.130.